The van der Waals surface area contributed by atoms with Gasteiger partial charge in [0.25, 0.3) is 5.91 Å². The summed E-state index contributed by atoms with van der Waals surface area (Å²) in [5.74, 6) is 0.884. The molecule has 2 N–H and O–H groups in total. The van der Waals surface area contributed by atoms with Crippen molar-refractivity contribution in [1.29, 1.82) is 0 Å². The third-order valence-corrected chi connectivity index (χ3v) is 4.75. The van der Waals surface area contributed by atoms with Crippen molar-refractivity contribution in [3.05, 3.63) is 22.7 Å². The summed E-state index contributed by atoms with van der Waals surface area (Å²) in [6.45, 7) is 4.01. The standard InChI is InChI=1S/C17H26ClN3O2/c1-11(2)16-19-10-13(18)15(21-16)17(23)20-14(8-9-22)12-6-4-3-5-7-12/h10-12,14,22H,3-9H2,1-2H3,(H,20,23). The van der Waals surface area contributed by atoms with Gasteiger partial charge in [0, 0.05) is 18.6 Å². The van der Waals surface area contributed by atoms with Crippen molar-refractivity contribution < 1.29 is 9.90 Å². The van der Waals surface area contributed by atoms with Crippen molar-refractivity contribution in [2.75, 3.05) is 6.61 Å². The van der Waals surface area contributed by atoms with Crippen LogP contribution in [0.4, 0.5) is 0 Å². The van der Waals surface area contributed by atoms with Crippen molar-refractivity contribution in [3.8, 4) is 0 Å². The first-order valence-electron chi connectivity index (χ1n) is 8.47. The maximum Gasteiger partial charge on any atom is 0.271 e. The van der Waals surface area contributed by atoms with Crippen molar-refractivity contribution in [2.45, 2.75) is 64.3 Å². The molecule has 0 spiro atoms. The lowest BCUT2D eigenvalue weighted by atomic mass is 9.82. The normalized spacial score (nSPS) is 17.3. The number of aliphatic hydroxyl groups excluding tert-OH is 1. The highest BCUT2D eigenvalue weighted by Gasteiger charge is 2.26. The minimum absolute atomic E-state index is 0.0265. The van der Waals surface area contributed by atoms with Crippen LogP contribution in [-0.2, 0) is 0 Å². The molecule has 0 saturated heterocycles. The van der Waals surface area contributed by atoms with E-state index in [9.17, 15) is 9.90 Å². The van der Waals surface area contributed by atoms with Crippen LogP contribution in [0.2, 0.25) is 5.02 Å². The van der Waals surface area contributed by atoms with Gasteiger partial charge in [0.1, 0.15) is 11.5 Å². The van der Waals surface area contributed by atoms with Gasteiger partial charge < -0.3 is 10.4 Å². The molecule has 0 bridgehead atoms. The Morgan fingerprint density at radius 1 is 1.39 bits per heavy atom. The fraction of sp³-hybridized carbons (Fsp3) is 0.706. The number of rotatable bonds is 6. The number of carbonyl (C=O) groups is 1. The minimum atomic E-state index is -0.275. The summed E-state index contributed by atoms with van der Waals surface area (Å²) in [4.78, 5) is 21.1. The van der Waals surface area contributed by atoms with Crippen LogP contribution in [0.3, 0.4) is 0 Å². The van der Waals surface area contributed by atoms with Crippen LogP contribution in [0.1, 0.15) is 74.6 Å². The smallest absolute Gasteiger partial charge is 0.271 e. The van der Waals surface area contributed by atoms with Crippen LogP contribution in [0.25, 0.3) is 0 Å². The Bertz CT molecular complexity index is 531. The first kappa shape index (κ1) is 18.1. The zero-order chi connectivity index (χ0) is 16.8. The molecule has 1 saturated carbocycles. The number of aliphatic hydroxyl groups is 1. The lowest BCUT2D eigenvalue weighted by Gasteiger charge is -2.30. The third kappa shape index (κ3) is 4.88. The topological polar surface area (TPSA) is 75.1 Å². The second-order valence-electron chi connectivity index (χ2n) is 6.57. The molecule has 128 valence electrons. The van der Waals surface area contributed by atoms with Gasteiger partial charge in [-0.3, -0.25) is 4.79 Å². The van der Waals surface area contributed by atoms with Gasteiger partial charge in [0.05, 0.1) is 11.2 Å². The molecule has 1 fully saturated rings. The van der Waals surface area contributed by atoms with Gasteiger partial charge in [-0.15, -0.1) is 0 Å². The predicted molar refractivity (Wildman–Crippen MR) is 90.7 cm³/mol. The van der Waals surface area contributed by atoms with Gasteiger partial charge >= 0.3 is 0 Å². The molecule has 0 aliphatic heterocycles. The molecule has 0 aromatic carbocycles. The molecular weight excluding hydrogens is 314 g/mol. The molecule has 1 heterocycles. The predicted octanol–water partition coefficient (Wildman–Crippen LogP) is 3.31. The summed E-state index contributed by atoms with van der Waals surface area (Å²) in [7, 11) is 0. The van der Waals surface area contributed by atoms with Crippen LogP contribution in [0.15, 0.2) is 6.20 Å². The third-order valence-electron chi connectivity index (χ3n) is 4.47. The molecule has 6 heteroatoms. The van der Waals surface area contributed by atoms with Crippen molar-refractivity contribution in [1.82, 2.24) is 15.3 Å². The first-order valence-corrected chi connectivity index (χ1v) is 8.85. The van der Waals surface area contributed by atoms with Gasteiger partial charge in [0.15, 0.2) is 0 Å². The number of nitrogens with one attached hydrogen (secondary N) is 1. The number of hydrogen-bond acceptors (Lipinski definition) is 4. The maximum absolute atomic E-state index is 12.6. The van der Waals surface area contributed by atoms with Crippen LogP contribution in [0, 0.1) is 5.92 Å². The van der Waals surface area contributed by atoms with Crippen LogP contribution in [0.5, 0.6) is 0 Å². The molecule has 2 rings (SSSR count). The van der Waals surface area contributed by atoms with Gasteiger partial charge in [-0.1, -0.05) is 44.7 Å². The zero-order valence-electron chi connectivity index (χ0n) is 13.9. The number of halogens is 1. The second-order valence-corrected chi connectivity index (χ2v) is 6.98. The van der Waals surface area contributed by atoms with E-state index in [1.54, 1.807) is 0 Å². The Morgan fingerprint density at radius 3 is 2.70 bits per heavy atom. The summed E-state index contributed by atoms with van der Waals surface area (Å²) < 4.78 is 0. The van der Waals surface area contributed by atoms with Crippen LogP contribution >= 0.6 is 11.6 Å². The summed E-state index contributed by atoms with van der Waals surface area (Å²) in [5.41, 5.74) is 0.226. The fourth-order valence-corrected chi connectivity index (χ4v) is 3.33. The molecule has 1 aliphatic carbocycles. The number of amides is 1. The fourth-order valence-electron chi connectivity index (χ4n) is 3.16. The number of carbonyl (C=O) groups excluding carboxylic acids is 1. The number of aromatic nitrogens is 2. The number of nitrogens with zero attached hydrogens (tertiary/aromatic N) is 2. The zero-order valence-corrected chi connectivity index (χ0v) is 14.6. The second kappa shape index (κ2) is 8.60. The summed E-state index contributed by atoms with van der Waals surface area (Å²) in [5, 5.41) is 12.6. The van der Waals surface area contributed by atoms with Gasteiger partial charge in [-0.05, 0) is 25.2 Å². The Labute approximate surface area is 142 Å². The monoisotopic (exact) mass is 339 g/mol. The van der Waals surface area contributed by atoms with Gasteiger partial charge in [-0.2, -0.15) is 0 Å². The number of hydrogen-bond donors (Lipinski definition) is 2. The molecule has 1 amide bonds. The van der Waals surface area contributed by atoms with Crippen LogP contribution < -0.4 is 5.32 Å². The molecular formula is C17H26ClN3O2. The highest BCUT2D eigenvalue weighted by atomic mass is 35.5. The molecule has 1 atom stereocenters. The molecule has 5 nitrogen and oxygen atoms in total. The minimum Gasteiger partial charge on any atom is -0.396 e. The Morgan fingerprint density at radius 2 is 2.09 bits per heavy atom. The van der Waals surface area contributed by atoms with Crippen LogP contribution in [-0.4, -0.2) is 33.6 Å². The molecule has 1 aromatic rings. The van der Waals surface area contributed by atoms with Crippen molar-refractivity contribution in [2.24, 2.45) is 5.92 Å². The van der Waals surface area contributed by atoms with E-state index in [1.165, 1.54) is 25.5 Å². The quantitative estimate of drug-likeness (QED) is 0.833. The van der Waals surface area contributed by atoms with Gasteiger partial charge in [0.2, 0.25) is 0 Å². The Balaban J connectivity index is 2.13. The Hall–Kier alpha value is -1.20. The average molecular weight is 340 g/mol. The van der Waals surface area contributed by atoms with E-state index >= 15 is 0 Å². The average Bonchev–Trinajstić information content (AvgIpc) is 2.55. The Kier molecular flexibility index (Phi) is 6.78. The van der Waals surface area contributed by atoms with Crippen molar-refractivity contribution >= 4 is 17.5 Å². The lowest BCUT2D eigenvalue weighted by Crippen LogP contribution is -2.42. The lowest BCUT2D eigenvalue weighted by molar-refractivity contribution is 0.0894. The molecule has 1 aromatic heterocycles. The largest absolute Gasteiger partial charge is 0.396 e. The molecule has 23 heavy (non-hydrogen) atoms. The molecule has 1 unspecified atom stereocenters. The highest BCUT2D eigenvalue weighted by Crippen LogP contribution is 2.28. The van der Waals surface area contributed by atoms with E-state index < -0.39 is 0 Å². The summed E-state index contributed by atoms with van der Waals surface area (Å²) >= 11 is 6.11. The summed E-state index contributed by atoms with van der Waals surface area (Å²) in [6.07, 6.45) is 7.88. The van der Waals surface area contributed by atoms with E-state index in [1.807, 2.05) is 13.8 Å². The van der Waals surface area contributed by atoms with E-state index in [4.69, 9.17) is 11.6 Å². The first-order chi connectivity index (χ1) is 11.0. The molecule has 0 radical (unpaired) electrons. The van der Waals surface area contributed by atoms with E-state index in [0.717, 1.165) is 12.8 Å². The summed E-state index contributed by atoms with van der Waals surface area (Å²) in [6, 6.07) is -0.0265. The van der Waals surface area contributed by atoms with Gasteiger partial charge in [-0.25, -0.2) is 9.97 Å². The van der Waals surface area contributed by atoms with E-state index in [-0.39, 0.29) is 35.2 Å². The van der Waals surface area contributed by atoms with Crippen molar-refractivity contribution in [3.63, 3.8) is 0 Å². The highest BCUT2D eigenvalue weighted by molar-refractivity contribution is 6.33. The molecule has 1 aliphatic rings. The maximum atomic E-state index is 12.6. The van der Waals surface area contributed by atoms with E-state index in [2.05, 4.69) is 15.3 Å². The SMILES string of the molecule is CC(C)c1ncc(Cl)c(C(=O)NC(CCO)C2CCCCC2)n1. The van der Waals surface area contributed by atoms with E-state index in [0.29, 0.717) is 18.2 Å².